The molecule has 0 saturated carbocycles. The number of unbranched alkanes of at least 4 members (excludes halogenated alkanes) is 8. The zero-order chi connectivity index (χ0) is 29.3. The van der Waals surface area contributed by atoms with E-state index in [1.54, 1.807) is 32.4 Å². The molecule has 0 fully saturated rings. The smallest absolute Gasteiger partial charge is 0.414 e. The van der Waals surface area contributed by atoms with Crippen molar-refractivity contribution in [3.05, 3.63) is 24.0 Å². The van der Waals surface area contributed by atoms with Crippen molar-refractivity contribution in [2.24, 2.45) is 0 Å². The standard InChI is InChI=1S/C30H54N4O5/c1-8-9-20-27(35)38-25-24-33(4,5)22-16-14-12-10-11-13-15-17-23-34(6,7)29(36)28-26(19-18-21-31-28)39-30(37)32(2)3/h18-19,21H,8-17,20,22-25H2,1-7H3/q+2. The Morgan fingerprint density at radius 2 is 1.44 bits per heavy atom. The Balaban J connectivity index is 2.22. The number of carbonyl (C=O) groups excluding carboxylic acids is 3. The van der Waals surface area contributed by atoms with Gasteiger partial charge in [0.1, 0.15) is 13.2 Å². The molecule has 0 aliphatic carbocycles. The molecule has 9 heteroatoms. The summed E-state index contributed by atoms with van der Waals surface area (Å²) in [5, 5.41) is 0. The molecule has 2 amide bonds. The van der Waals surface area contributed by atoms with E-state index in [1.807, 2.05) is 14.1 Å². The first kappa shape index (κ1) is 34.5. The Morgan fingerprint density at radius 3 is 2.03 bits per heavy atom. The Morgan fingerprint density at radius 1 is 0.846 bits per heavy atom. The summed E-state index contributed by atoms with van der Waals surface area (Å²) in [6.45, 7) is 5.24. The van der Waals surface area contributed by atoms with E-state index in [0.717, 1.165) is 49.7 Å². The van der Waals surface area contributed by atoms with Crippen LogP contribution in [0.4, 0.5) is 4.79 Å². The molecule has 39 heavy (non-hydrogen) atoms. The fourth-order valence-corrected chi connectivity index (χ4v) is 4.23. The second kappa shape index (κ2) is 17.9. The maximum Gasteiger partial charge on any atom is 0.414 e. The molecule has 0 spiro atoms. The summed E-state index contributed by atoms with van der Waals surface area (Å²) in [7, 11) is 11.4. The fraction of sp³-hybridized carbons (Fsp3) is 0.733. The van der Waals surface area contributed by atoms with Gasteiger partial charge in [-0.05, 0) is 44.2 Å². The van der Waals surface area contributed by atoms with Crippen molar-refractivity contribution in [1.82, 2.24) is 9.88 Å². The van der Waals surface area contributed by atoms with E-state index in [0.29, 0.717) is 19.6 Å². The van der Waals surface area contributed by atoms with E-state index in [2.05, 4.69) is 26.0 Å². The van der Waals surface area contributed by atoms with Gasteiger partial charge in [-0.1, -0.05) is 39.0 Å². The third-order valence-electron chi connectivity index (χ3n) is 7.01. The summed E-state index contributed by atoms with van der Waals surface area (Å²) >= 11 is 0. The third-order valence-corrected chi connectivity index (χ3v) is 7.01. The maximum atomic E-state index is 13.2. The average molecular weight is 551 g/mol. The minimum atomic E-state index is -0.536. The van der Waals surface area contributed by atoms with Crippen molar-refractivity contribution in [2.45, 2.75) is 77.6 Å². The van der Waals surface area contributed by atoms with E-state index in [4.69, 9.17) is 9.47 Å². The Labute approximate surface area is 236 Å². The third kappa shape index (κ3) is 14.4. The average Bonchev–Trinajstić information content (AvgIpc) is 2.88. The second-order valence-electron chi connectivity index (χ2n) is 11.9. The van der Waals surface area contributed by atoms with E-state index in [9.17, 15) is 14.4 Å². The summed E-state index contributed by atoms with van der Waals surface area (Å²) < 4.78 is 11.8. The number of quaternary nitrogens is 2. The van der Waals surface area contributed by atoms with Gasteiger partial charge >= 0.3 is 18.0 Å². The van der Waals surface area contributed by atoms with Crippen LogP contribution in [0.5, 0.6) is 5.75 Å². The van der Waals surface area contributed by atoms with Crippen LogP contribution in [0.3, 0.4) is 0 Å². The molecule has 1 aromatic heterocycles. The van der Waals surface area contributed by atoms with Crippen molar-refractivity contribution in [2.75, 3.05) is 68.5 Å². The van der Waals surface area contributed by atoms with Crippen LogP contribution < -0.4 is 4.74 Å². The molecule has 0 aliphatic rings. The van der Waals surface area contributed by atoms with Crippen molar-refractivity contribution < 1.29 is 32.8 Å². The molecule has 0 aromatic carbocycles. The lowest BCUT2D eigenvalue weighted by atomic mass is 10.1. The number of esters is 1. The predicted octanol–water partition coefficient (Wildman–Crippen LogP) is 5.29. The lowest BCUT2D eigenvalue weighted by molar-refractivity contribution is -0.890. The fourth-order valence-electron chi connectivity index (χ4n) is 4.23. The van der Waals surface area contributed by atoms with Crippen LogP contribution in [0.2, 0.25) is 0 Å². The van der Waals surface area contributed by atoms with Crippen LogP contribution in [0.1, 0.15) is 88.0 Å². The van der Waals surface area contributed by atoms with E-state index in [-0.39, 0.29) is 27.8 Å². The van der Waals surface area contributed by atoms with Crippen LogP contribution in [0.25, 0.3) is 0 Å². The molecule has 0 saturated heterocycles. The van der Waals surface area contributed by atoms with Gasteiger partial charge in [0.15, 0.2) is 5.75 Å². The van der Waals surface area contributed by atoms with E-state index >= 15 is 0 Å². The monoisotopic (exact) mass is 550 g/mol. The van der Waals surface area contributed by atoms with Crippen LogP contribution >= 0.6 is 0 Å². The van der Waals surface area contributed by atoms with E-state index in [1.165, 1.54) is 37.0 Å². The normalized spacial score (nSPS) is 11.8. The summed E-state index contributed by atoms with van der Waals surface area (Å²) in [6.07, 6.45) is 12.7. The molecular formula is C30H54N4O5+2. The van der Waals surface area contributed by atoms with Gasteiger partial charge in [0.05, 0.1) is 41.3 Å². The molecule has 0 N–H and O–H groups in total. The molecule has 0 unspecified atom stereocenters. The van der Waals surface area contributed by atoms with Gasteiger partial charge in [-0.2, -0.15) is 0 Å². The number of amides is 2. The molecule has 1 rings (SSSR count). The van der Waals surface area contributed by atoms with Crippen LogP contribution in [0.15, 0.2) is 18.3 Å². The summed E-state index contributed by atoms with van der Waals surface area (Å²) in [5.41, 5.74) is 0.187. The number of likely N-dealkylation sites (N-methyl/N-ethyl adjacent to an activating group) is 1. The number of nitrogens with zero attached hydrogens (tertiary/aromatic N) is 4. The molecule has 0 bridgehead atoms. The minimum Gasteiger partial charge on any atom is -0.460 e. The molecule has 9 nitrogen and oxygen atoms in total. The highest BCUT2D eigenvalue weighted by atomic mass is 16.6. The zero-order valence-electron chi connectivity index (χ0n) is 25.7. The number of rotatable bonds is 19. The molecule has 0 radical (unpaired) electrons. The van der Waals surface area contributed by atoms with Gasteiger partial charge < -0.3 is 18.9 Å². The first-order valence-corrected chi connectivity index (χ1v) is 14.6. The van der Waals surface area contributed by atoms with Crippen LogP contribution in [0, 0.1) is 0 Å². The van der Waals surface area contributed by atoms with Crippen molar-refractivity contribution >= 4 is 18.0 Å². The van der Waals surface area contributed by atoms with Gasteiger partial charge in [-0.3, -0.25) is 9.28 Å². The maximum absolute atomic E-state index is 13.2. The minimum absolute atomic E-state index is 0.0730. The highest BCUT2D eigenvalue weighted by Gasteiger charge is 2.32. The van der Waals surface area contributed by atoms with Gasteiger partial charge in [0, 0.05) is 26.7 Å². The topological polar surface area (TPSA) is 85.8 Å². The number of aromatic nitrogens is 1. The van der Waals surface area contributed by atoms with Crippen LogP contribution in [-0.2, 0) is 9.53 Å². The number of ether oxygens (including phenoxy) is 2. The molecule has 1 aromatic rings. The van der Waals surface area contributed by atoms with Gasteiger partial charge in [0.2, 0.25) is 5.69 Å². The molecular weight excluding hydrogens is 496 g/mol. The Bertz CT molecular complexity index is 886. The largest absolute Gasteiger partial charge is 0.460 e. The molecule has 0 aliphatic heterocycles. The zero-order valence-corrected chi connectivity index (χ0v) is 25.7. The van der Waals surface area contributed by atoms with Gasteiger partial charge in [-0.15, -0.1) is 0 Å². The first-order valence-electron chi connectivity index (χ1n) is 14.6. The summed E-state index contributed by atoms with van der Waals surface area (Å²) in [5.74, 6) is -0.0372. The highest BCUT2D eigenvalue weighted by molar-refractivity contribution is 5.90. The van der Waals surface area contributed by atoms with Crippen molar-refractivity contribution in [1.29, 1.82) is 0 Å². The molecule has 222 valence electrons. The quantitative estimate of drug-likeness (QED) is 0.132. The Kier molecular flexibility index (Phi) is 15.9. The number of pyridine rings is 1. The lowest BCUT2D eigenvalue weighted by Crippen LogP contribution is -2.46. The van der Waals surface area contributed by atoms with Gasteiger partial charge in [-0.25, -0.2) is 14.6 Å². The SMILES string of the molecule is CCCCC(=O)OCC[N+](C)(C)CCCCCCCCCC[N+](C)(C)C(=O)c1ncccc1OC(=O)N(C)C. The summed E-state index contributed by atoms with van der Waals surface area (Å²) in [4.78, 5) is 42.3. The predicted molar refractivity (Wildman–Crippen MR) is 155 cm³/mol. The number of hydrogen-bond acceptors (Lipinski definition) is 6. The second-order valence-corrected chi connectivity index (χ2v) is 11.9. The van der Waals surface area contributed by atoms with Gasteiger partial charge in [0.25, 0.3) is 0 Å². The van der Waals surface area contributed by atoms with Crippen LogP contribution in [-0.4, -0.2) is 105 Å². The van der Waals surface area contributed by atoms with Crippen molar-refractivity contribution in [3.63, 3.8) is 0 Å². The molecule has 1 heterocycles. The Hall–Kier alpha value is -2.52. The number of hydrogen-bond donors (Lipinski definition) is 0. The molecule has 0 atom stereocenters. The van der Waals surface area contributed by atoms with E-state index < -0.39 is 6.09 Å². The first-order chi connectivity index (χ1) is 18.4. The lowest BCUT2D eigenvalue weighted by Gasteiger charge is -2.29. The number of carbonyl (C=O) groups is 3. The van der Waals surface area contributed by atoms with Crippen molar-refractivity contribution in [3.8, 4) is 5.75 Å². The summed E-state index contributed by atoms with van der Waals surface area (Å²) in [6, 6.07) is 3.26. The highest BCUT2D eigenvalue weighted by Crippen LogP contribution is 2.21.